The van der Waals surface area contributed by atoms with Crippen molar-refractivity contribution < 1.29 is 9.84 Å². The molecule has 2 saturated heterocycles. The van der Waals surface area contributed by atoms with E-state index in [2.05, 4.69) is 6.26 Å². The Labute approximate surface area is 107 Å². The van der Waals surface area contributed by atoms with Gasteiger partial charge in [0.2, 0.25) is 0 Å². The van der Waals surface area contributed by atoms with Crippen molar-refractivity contribution in [1.29, 1.82) is 0 Å². The molecule has 2 nitrogen and oxygen atoms in total. The highest BCUT2D eigenvalue weighted by atomic mass is 32.2. The zero-order valence-electron chi connectivity index (χ0n) is 9.98. The van der Waals surface area contributed by atoms with Crippen molar-refractivity contribution in [1.82, 2.24) is 0 Å². The molecule has 0 aliphatic carbocycles. The smallest absolute Gasteiger partial charge is 0.0701 e. The van der Waals surface area contributed by atoms with Crippen molar-refractivity contribution in [2.75, 3.05) is 30.1 Å². The summed E-state index contributed by atoms with van der Waals surface area (Å²) in [5.41, 5.74) is 0.119. The summed E-state index contributed by atoms with van der Waals surface area (Å²) in [5, 5.41) is 10.1. The van der Waals surface area contributed by atoms with Gasteiger partial charge in [0.1, 0.15) is 0 Å². The van der Waals surface area contributed by atoms with Crippen molar-refractivity contribution in [3.8, 4) is 0 Å². The Bertz CT molecular complexity index is 212. The lowest BCUT2D eigenvalue weighted by molar-refractivity contribution is -0.117. The Morgan fingerprint density at radius 3 is 2.94 bits per heavy atom. The molecule has 0 saturated carbocycles. The molecular weight excluding hydrogens is 240 g/mol. The van der Waals surface area contributed by atoms with E-state index < -0.39 is 0 Å². The lowest BCUT2D eigenvalue weighted by atomic mass is 9.80. The Balaban J connectivity index is 1.92. The molecule has 16 heavy (non-hydrogen) atoms. The number of aliphatic hydroxyl groups is 1. The zero-order valence-corrected chi connectivity index (χ0v) is 11.6. The first kappa shape index (κ1) is 13.1. The summed E-state index contributed by atoms with van der Waals surface area (Å²) in [6.07, 6.45) is 6.41. The Kier molecular flexibility index (Phi) is 4.89. The molecule has 0 aromatic heterocycles. The molecule has 2 fully saturated rings. The highest BCUT2D eigenvalue weighted by Crippen LogP contribution is 2.40. The number of hydrogen-bond donors (Lipinski definition) is 1. The second kappa shape index (κ2) is 5.98. The first-order valence-corrected chi connectivity index (χ1v) is 8.69. The van der Waals surface area contributed by atoms with Gasteiger partial charge in [-0.15, -0.1) is 0 Å². The quantitative estimate of drug-likeness (QED) is 0.846. The van der Waals surface area contributed by atoms with Gasteiger partial charge in [0.05, 0.1) is 11.7 Å². The summed E-state index contributed by atoms with van der Waals surface area (Å²) in [4.78, 5) is 0. The molecule has 2 rings (SSSR count). The van der Waals surface area contributed by atoms with Gasteiger partial charge in [-0.1, -0.05) is 0 Å². The van der Waals surface area contributed by atoms with E-state index in [1.165, 1.54) is 24.3 Å². The lowest BCUT2D eigenvalue weighted by Crippen LogP contribution is -2.45. The number of hydrogen-bond acceptors (Lipinski definition) is 4. The second-order valence-electron chi connectivity index (χ2n) is 4.92. The lowest BCUT2D eigenvalue weighted by Gasteiger charge is -2.44. The summed E-state index contributed by atoms with van der Waals surface area (Å²) in [6, 6.07) is 0. The molecule has 2 aliphatic heterocycles. The van der Waals surface area contributed by atoms with E-state index in [0.717, 1.165) is 25.2 Å². The second-order valence-corrected chi connectivity index (χ2v) is 7.05. The van der Waals surface area contributed by atoms with Crippen molar-refractivity contribution in [2.24, 2.45) is 5.92 Å². The van der Waals surface area contributed by atoms with E-state index in [0.29, 0.717) is 5.92 Å². The van der Waals surface area contributed by atoms with Crippen LogP contribution in [0.4, 0.5) is 0 Å². The molecule has 2 aliphatic rings. The van der Waals surface area contributed by atoms with Crippen molar-refractivity contribution in [3.05, 3.63) is 0 Å². The molecule has 4 heteroatoms. The fourth-order valence-corrected chi connectivity index (χ4v) is 4.64. The van der Waals surface area contributed by atoms with Gasteiger partial charge in [0.15, 0.2) is 0 Å². The largest absolute Gasteiger partial charge is 0.392 e. The van der Waals surface area contributed by atoms with Gasteiger partial charge in [-0.05, 0) is 49.4 Å². The maximum atomic E-state index is 10.1. The highest BCUT2D eigenvalue weighted by molar-refractivity contribution is 7.99. The molecule has 0 aromatic rings. The zero-order chi connectivity index (χ0) is 11.4. The van der Waals surface area contributed by atoms with Crippen LogP contribution in [0.5, 0.6) is 0 Å². The molecule has 0 aromatic carbocycles. The fraction of sp³-hybridized carbons (Fsp3) is 1.00. The van der Waals surface area contributed by atoms with E-state index in [-0.39, 0.29) is 11.7 Å². The van der Waals surface area contributed by atoms with Crippen LogP contribution < -0.4 is 0 Å². The molecule has 0 bridgehead atoms. The highest BCUT2D eigenvalue weighted by Gasteiger charge is 2.40. The van der Waals surface area contributed by atoms with Gasteiger partial charge in [-0.3, -0.25) is 0 Å². The topological polar surface area (TPSA) is 29.5 Å². The molecular formula is C12H22O2S2. The van der Waals surface area contributed by atoms with Crippen LogP contribution in [0.1, 0.15) is 25.7 Å². The molecule has 2 atom stereocenters. The summed E-state index contributed by atoms with van der Waals surface area (Å²) >= 11 is 3.78. The van der Waals surface area contributed by atoms with E-state index in [1.54, 1.807) is 11.8 Å². The van der Waals surface area contributed by atoms with Crippen LogP contribution in [0, 0.1) is 5.92 Å². The van der Waals surface area contributed by atoms with E-state index >= 15 is 0 Å². The van der Waals surface area contributed by atoms with Crippen LogP contribution in [0.15, 0.2) is 0 Å². The Morgan fingerprint density at radius 2 is 2.25 bits per heavy atom. The average molecular weight is 262 g/mol. The maximum Gasteiger partial charge on any atom is 0.0701 e. The maximum absolute atomic E-state index is 10.1. The molecule has 0 amide bonds. The van der Waals surface area contributed by atoms with Crippen LogP contribution in [-0.2, 0) is 4.74 Å². The van der Waals surface area contributed by atoms with Gasteiger partial charge in [0.25, 0.3) is 0 Å². The van der Waals surface area contributed by atoms with E-state index in [4.69, 9.17) is 4.74 Å². The van der Waals surface area contributed by atoms with E-state index in [1.807, 2.05) is 11.8 Å². The molecule has 1 spiro atoms. The van der Waals surface area contributed by atoms with Gasteiger partial charge < -0.3 is 9.84 Å². The summed E-state index contributed by atoms with van der Waals surface area (Å²) in [5.74, 6) is 3.79. The summed E-state index contributed by atoms with van der Waals surface area (Å²) in [6.45, 7) is 0.848. The van der Waals surface area contributed by atoms with Crippen LogP contribution >= 0.6 is 23.5 Å². The SMILES string of the molecule is CSCC(O)C1CCOC2(CCSCC2)C1. The Hall–Kier alpha value is 0.620. The predicted octanol–water partition coefficient (Wildman–Crippen LogP) is 2.40. The van der Waals surface area contributed by atoms with Crippen LogP contribution in [0.3, 0.4) is 0 Å². The number of ether oxygens (including phenoxy) is 1. The molecule has 94 valence electrons. The van der Waals surface area contributed by atoms with Crippen molar-refractivity contribution in [3.63, 3.8) is 0 Å². The minimum absolute atomic E-state index is 0.119. The minimum atomic E-state index is -0.134. The molecule has 2 heterocycles. The van der Waals surface area contributed by atoms with Crippen LogP contribution in [0.2, 0.25) is 0 Å². The molecule has 1 N–H and O–H groups in total. The number of thioether (sulfide) groups is 2. The van der Waals surface area contributed by atoms with E-state index in [9.17, 15) is 5.11 Å². The van der Waals surface area contributed by atoms with Gasteiger partial charge in [-0.2, -0.15) is 23.5 Å². The predicted molar refractivity (Wildman–Crippen MR) is 72.4 cm³/mol. The van der Waals surface area contributed by atoms with Gasteiger partial charge in [-0.25, -0.2) is 0 Å². The number of aliphatic hydroxyl groups excluding tert-OH is 1. The number of rotatable bonds is 3. The van der Waals surface area contributed by atoms with Gasteiger partial charge in [0, 0.05) is 12.4 Å². The third kappa shape index (κ3) is 3.09. The van der Waals surface area contributed by atoms with Crippen LogP contribution in [-0.4, -0.2) is 46.9 Å². The van der Waals surface area contributed by atoms with Crippen molar-refractivity contribution in [2.45, 2.75) is 37.4 Å². The molecule has 0 radical (unpaired) electrons. The minimum Gasteiger partial charge on any atom is -0.392 e. The fourth-order valence-electron chi connectivity index (χ4n) is 2.79. The molecule has 2 unspecified atom stereocenters. The first-order valence-electron chi connectivity index (χ1n) is 6.14. The third-order valence-electron chi connectivity index (χ3n) is 3.82. The third-order valence-corrected chi connectivity index (χ3v) is 5.48. The van der Waals surface area contributed by atoms with Crippen molar-refractivity contribution >= 4 is 23.5 Å². The standard InChI is InChI=1S/C12H22O2S2/c1-15-9-11(13)10-2-5-14-12(8-10)3-6-16-7-4-12/h10-11,13H,2-9H2,1H3. The first-order chi connectivity index (χ1) is 7.76. The Morgan fingerprint density at radius 1 is 1.50 bits per heavy atom. The monoisotopic (exact) mass is 262 g/mol. The summed E-state index contributed by atoms with van der Waals surface area (Å²) < 4.78 is 6.03. The van der Waals surface area contributed by atoms with Crippen LogP contribution in [0.25, 0.3) is 0 Å². The average Bonchev–Trinajstić information content (AvgIpc) is 2.30. The normalized spacial score (nSPS) is 31.5. The summed E-state index contributed by atoms with van der Waals surface area (Å²) in [7, 11) is 0. The van der Waals surface area contributed by atoms with Gasteiger partial charge >= 0.3 is 0 Å².